The monoisotopic (exact) mass is 385 g/mol. The van der Waals surface area contributed by atoms with E-state index in [0.717, 1.165) is 18.4 Å². The topological polar surface area (TPSA) is 62.7 Å². The summed E-state index contributed by atoms with van der Waals surface area (Å²) in [6.07, 6.45) is 5.12. The predicted molar refractivity (Wildman–Crippen MR) is 102 cm³/mol. The number of hydrogen-bond acceptors (Lipinski definition) is 4. The Morgan fingerprint density at radius 3 is 2.75 bits per heavy atom. The van der Waals surface area contributed by atoms with Crippen molar-refractivity contribution in [3.05, 3.63) is 60.2 Å². The van der Waals surface area contributed by atoms with E-state index in [1.807, 2.05) is 12.1 Å². The molecule has 1 fully saturated rings. The van der Waals surface area contributed by atoms with Gasteiger partial charge in [-0.15, -0.1) is 0 Å². The summed E-state index contributed by atoms with van der Waals surface area (Å²) in [5, 5.41) is 0. The second kappa shape index (κ2) is 9.30. The highest BCUT2D eigenvalue weighted by Gasteiger charge is 2.29. The number of piperidine rings is 1. The number of benzene rings is 1. The second-order valence-corrected chi connectivity index (χ2v) is 6.89. The molecule has 3 rings (SSSR count). The molecule has 6 nitrogen and oxygen atoms in total. The van der Waals surface area contributed by atoms with E-state index < -0.39 is 0 Å². The van der Waals surface area contributed by atoms with Gasteiger partial charge in [0.1, 0.15) is 11.6 Å². The Balaban J connectivity index is 1.58. The van der Waals surface area contributed by atoms with Gasteiger partial charge in [-0.25, -0.2) is 4.39 Å². The van der Waals surface area contributed by atoms with Crippen molar-refractivity contribution in [2.45, 2.75) is 32.4 Å². The summed E-state index contributed by atoms with van der Waals surface area (Å²) in [7, 11) is 0. The Morgan fingerprint density at radius 2 is 2.07 bits per heavy atom. The van der Waals surface area contributed by atoms with Gasteiger partial charge in [0.05, 0.1) is 0 Å². The van der Waals surface area contributed by atoms with E-state index in [2.05, 4.69) is 4.98 Å². The molecule has 2 aromatic rings. The molecule has 0 spiro atoms. The van der Waals surface area contributed by atoms with Crippen LogP contribution in [0.1, 0.15) is 25.3 Å². The number of halogens is 1. The number of amides is 2. The fourth-order valence-corrected chi connectivity index (χ4v) is 3.39. The van der Waals surface area contributed by atoms with Gasteiger partial charge in [-0.2, -0.15) is 0 Å². The van der Waals surface area contributed by atoms with Crippen molar-refractivity contribution in [3.8, 4) is 5.75 Å². The third kappa shape index (κ3) is 5.28. The van der Waals surface area contributed by atoms with Crippen LogP contribution in [0, 0.1) is 5.82 Å². The highest BCUT2D eigenvalue weighted by Crippen LogP contribution is 2.19. The lowest BCUT2D eigenvalue weighted by Gasteiger charge is -2.39. The van der Waals surface area contributed by atoms with E-state index in [1.165, 1.54) is 24.3 Å². The Bertz CT molecular complexity index is 798. The molecule has 0 bridgehead atoms. The number of ether oxygens (including phenoxy) is 1. The van der Waals surface area contributed by atoms with Crippen LogP contribution >= 0.6 is 0 Å². The van der Waals surface area contributed by atoms with Crippen molar-refractivity contribution < 1.29 is 18.7 Å². The maximum atomic E-state index is 12.9. The smallest absolute Gasteiger partial charge is 0.260 e. The van der Waals surface area contributed by atoms with E-state index in [1.54, 1.807) is 29.1 Å². The minimum atomic E-state index is -0.351. The van der Waals surface area contributed by atoms with Crippen LogP contribution in [0.4, 0.5) is 4.39 Å². The van der Waals surface area contributed by atoms with Gasteiger partial charge in [0, 0.05) is 45.0 Å². The minimum absolute atomic E-state index is 0.0225. The summed E-state index contributed by atoms with van der Waals surface area (Å²) >= 11 is 0. The van der Waals surface area contributed by atoms with Crippen LogP contribution in [0.5, 0.6) is 5.75 Å². The average Bonchev–Trinajstić information content (AvgIpc) is 2.72. The molecule has 1 aliphatic heterocycles. The molecule has 28 heavy (non-hydrogen) atoms. The van der Waals surface area contributed by atoms with Gasteiger partial charge < -0.3 is 14.5 Å². The first-order valence-electron chi connectivity index (χ1n) is 9.35. The summed E-state index contributed by atoms with van der Waals surface area (Å²) in [6.45, 7) is 3.03. The maximum Gasteiger partial charge on any atom is 0.260 e. The third-order valence-corrected chi connectivity index (χ3v) is 4.85. The number of rotatable bonds is 6. The number of likely N-dealkylation sites (tertiary alicyclic amines) is 1. The fraction of sp³-hybridized carbons (Fsp3) is 0.381. The van der Waals surface area contributed by atoms with E-state index in [9.17, 15) is 14.0 Å². The van der Waals surface area contributed by atoms with Gasteiger partial charge in [-0.1, -0.05) is 6.07 Å². The van der Waals surface area contributed by atoms with E-state index in [4.69, 9.17) is 4.74 Å². The SMILES string of the molecule is CC(=O)N(Cc1cccnc1)C1CCCN(C(=O)COc2ccc(F)cc2)C1. The molecule has 0 aliphatic carbocycles. The number of carbonyl (C=O) groups is 2. The van der Waals surface area contributed by atoms with Crippen LogP contribution in [0.15, 0.2) is 48.8 Å². The van der Waals surface area contributed by atoms with Crippen LogP contribution in [-0.2, 0) is 16.1 Å². The van der Waals surface area contributed by atoms with Gasteiger partial charge in [0.25, 0.3) is 5.91 Å². The molecule has 1 unspecified atom stereocenters. The highest BCUT2D eigenvalue weighted by molar-refractivity contribution is 5.78. The molecule has 148 valence electrons. The molecule has 7 heteroatoms. The molecule has 1 saturated heterocycles. The molecule has 2 heterocycles. The van der Waals surface area contributed by atoms with Crippen LogP contribution in [-0.4, -0.2) is 52.3 Å². The zero-order chi connectivity index (χ0) is 19.9. The van der Waals surface area contributed by atoms with Gasteiger partial charge >= 0.3 is 0 Å². The predicted octanol–water partition coefficient (Wildman–Crippen LogP) is 2.64. The quantitative estimate of drug-likeness (QED) is 0.767. The van der Waals surface area contributed by atoms with Gasteiger partial charge in [0.2, 0.25) is 5.91 Å². The summed E-state index contributed by atoms with van der Waals surface area (Å²) in [5.41, 5.74) is 0.959. The fourth-order valence-electron chi connectivity index (χ4n) is 3.39. The van der Waals surface area contributed by atoms with Crippen molar-refractivity contribution in [1.82, 2.24) is 14.8 Å². The summed E-state index contributed by atoms with van der Waals surface area (Å²) in [4.78, 5) is 32.4. The lowest BCUT2D eigenvalue weighted by atomic mass is 10.0. The normalized spacial score (nSPS) is 16.5. The van der Waals surface area contributed by atoms with E-state index in [-0.39, 0.29) is 30.3 Å². The second-order valence-electron chi connectivity index (χ2n) is 6.89. The molecule has 1 atom stereocenters. The molecular weight excluding hydrogens is 361 g/mol. The van der Waals surface area contributed by atoms with Crippen LogP contribution < -0.4 is 4.74 Å². The van der Waals surface area contributed by atoms with Crippen molar-refractivity contribution in [1.29, 1.82) is 0 Å². The van der Waals surface area contributed by atoms with Crippen LogP contribution in [0.2, 0.25) is 0 Å². The first-order chi connectivity index (χ1) is 13.5. The number of nitrogens with zero attached hydrogens (tertiary/aromatic N) is 3. The zero-order valence-electron chi connectivity index (χ0n) is 15.9. The van der Waals surface area contributed by atoms with Gasteiger partial charge in [-0.05, 0) is 48.7 Å². The van der Waals surface area contributed by atoms with Gasteiger partial charge in [-0.3, -0.25) is 14.6 Å². The average molecular weight is 385 g/mol. The Morgan fingerprint density at radius 1 is 1.29 bits per heavy atom. The largest absolute Gasteiger partial charge is 0.484 e. The molecule has 0 radical (unpaired) electrons. The Labute approximate surface area is 163 Å². The lowest BCUT2D eigenvalue weighted by Crippen LogP contribution is -2.51. The van der Waals surface area contributed by atoms with E-state index >= 15 is 0 Å². The van der Waals surface area contributed by atoms with Crippen molar-refractivity contribution >= 4 is 11.8 Å². The minimum Gasteiger partial charge on any atom is -0.484 e. The number of aromatic nitrogens is 1. The molecular formula is C21H24FN3O3. The van der Waals surface area contributed by atoms with Crippen molar-refractivity contribution in [3.63, 3.8) is 0 Å². The zero-order valence-corrected chi connectivity index (χ0v) is 15.9. The highest BCUT2D eigenvalue weighted by atomic mass is 19.1. The number of carbonyl (C=O) groups excluding carboxylic acids is 2. The Kier molecular flexibility index (Phi) is 6.57. The lowest BCUT2D eigenvalue weighted by molar-refractivity contribution is -0.140. The number of hydrogen-bond donors (Lipinski definition) is 0. The van der Waals surface area contributed by atoms with Crippen molar-refractivity contribution in [2.24, 2.45) is 0 Å². The first kappa shape index (κ1) is 19.8. The van der Waals surface area contributed by atoms with E-state index in [0.29, 0.717) is 25.4 Å². The molecule has 0 N–H and O–H groups in total. The molecule has 1 aromatic carbocycles. The standard InChI is InChI=1S/C21H24FN3O3/c1-16(26)25(13-17-4-2-10-23-12-17)19-5-3-11-24(14-19)21(27)15-28-20-8-6-18(22)7-9-20/h2,4,6-10,12,19H,3,5,11,13-15H2,1H3. The first-order valence-corrected chi connectivity index (χ1v) is 9.35. The molecule has 0 saturated carbocycles. The van der Waals surface area contributed by atoms with Crippen LogP contribution in [0.25, 0.3) is 0 Å². The number of pyridine rings is 1. The van der Waals surface area contributed by atoms with Crippen LogP contribution in [0.3, 0.4) is 0 Å². The molecule has 2 amide bonds. The third-order valence-electron chi connectivity index (χ3n) is 4.85. The molecule has 1 aliphatic rings. The van der Waals surface area contributed by atoms with Crippen molar-refractivity contribution in [2.75, 3.05) is 19.7 Å². The summed E-state index contributed by atoms with van der Waals surface area (Å²) in [6, 6.07) is 9.31. The summed E-state index contributed by atoms with van der Waals surface area (Å²) in [5.74, 6) is -0.0645. The summed E-state index contributed by atoms with van der Waals surface area (Å²) < 4.78 is 18.4. The maximum absolute atomic E-state index is 12.9. The molecule has 1 aromatic heterocycles. The Hall–Kier alpha value is -2.96. The van der Waals surface area contributed by atoms with Gasteiger partial charge in [0.15, 0.2) is 6.61 Å².